The lowest BCUT2D eigenvalue weighted by molar-refractivity contribution is 0.172. The quantitative estimate of drug-likeness (QED) is 0.713. The molecule has 0 amide bonds. The van der Waals surface area contributed by atoms with Crippen LogP contribution in [0.4, 0.5) is 4.39 Å². The van der Waals surface area contributed by atoms with Gasteiger partial charge in [0.2, 0.25) is 5.88 Å². The molecule has 70 valence electrons. The first kappa shape index (κ1) is 8.41. The Morgan fingerprint density at radius 1 is 1.46 bits per heavy atom. The number of aromatic nitrogens is 2. The van der Waals surface area contributed by atoms with E-state index in [2.05, 4.69) is 9.97 Å². The lowest BCUT2D eigenvalue weighted by Crippen LogP contribution is -2.14. The van der Waals surface area contributed by atoms with Crippen molar-refractivity contribution in [3.05, 3.63) is 18.1 Å². The Morgan fingerprint density at radius 3 is 2.77 bits per heavy atom. The van der Waals surface area contributed by atoms with Gasteiger partial charge in [0.05, 0.1) is 18.1 Å². The van der Waals surface area contributed by atoms with Crippen molar-refractivity contribution in [1.29, 1.82) is 0 Å². The SMILES string of the molecule is Cc1cnc(OCC2(F)CC2)cn1. The number of hydrogen-bond donors (Lipinski definition) is 0. The molecule has 1 heterocycles. The second-order valence-electron chi connectivity index (χ2n) is 3.44. The van der Waals surface area contributed by atoms with Crippen LogP contribution in [-0.4, -0.2) is 22.2 Å². The van der Waals surface area contributed by atoms with E-state index in [1.807, 2.05) is 6.92 Å². The molecule has 1 aromatic rings. The van der Waals surface area contributed by atoms with Gasteiger partial charge in [-0.05, 0) is 19.8 Å². The maximum absolute atomic E-state index is 13.1. The molecule has 13 heavy (non-hydrogen) atoms. The molecule has 4 heteroatoms. The minimum atomic E-state index is -1.09. The van der Waals surface area contributed by atoms with E-state index in [-0.39, 0.29) is 6.61 Å². The van der Waals surface area contributed by atoms with E-state index in [0.29, 0.717) is 18.7 Å². The van der Waals surface area contributed by atoms with Crippen LogP contribution < -0.4 is 4.74 Å². The molecule has 1 saturated carbocycles. The van der Waals surface area contributed by atoms with Gasteiger partial charge in [0, 0.05) is 0 Å². The fourth-order valence-electron chi connectivity index (χ4n) is 0.939. The van der Waals surface area contributed by atoms with Crippen molar-refractivity contribution in [2.45, 2.75) is 25.4 Å². The van der Waals surface area contributed by atoms with Gasteiger partial charge in [-0.3, -0.25) is 4.98 Å². The largest absolute Gasteiger partial charge is 0.473 e. The molecule has 0 bridgehead atoms. The van der Waals surface area contributed by atoms with E-state index >= 15 is 0 Å². The predicted molar refractivity (Wildman–Crippen MR) is 45.3 cm³/mol. The first-order valence-electron chi connectivity index (χ1n) is 4.28. The Kier molecular flexibility index (Phi) is 1.90. The second kappa shape index (κ2) is 2.94. The summed E-state index contributed by atoms with van der Waals surface area (Å²) < 4.78 is 18.2. The maximum Gasteiger partial charge on any atom is 0.232 e. The number of alkyl halides is 1. The van der Waals surface area contributed by atoms with Crippen LogP contribution in [0, 0.1) is 6.92 Å². The lowest BCUT2D eigenvalue weighted by atomic mass is 10.4. The highest BCUT2D eigenvalue weighted by molar-refractivity contribution is 5.07. The maximum atomic E-state index is 13.1. The Hall–Kier alpha value is -1.19. The highest BCUT2D eigenvalue weighted by Gasteiger charge is 2.44. The number of halogens is 1. The van der Waals surface area contributed by atoms with Gasteiger partial charge in [0.25, 0.3) is 0 Å². The zero-order chi connectivity index (χ0) is 9.31. The number of hydrogen-bond acceptors (Lipinski definition) is 3. The second-order valence-corrected chi connectivity index (χ2v) is 3.44. The number of nitrogens with zero attached hydrogens (tertiary/aromatic N) is 2. The van der Waals surface area contributed by atoms with E-state index in [4.69, 9.17) is 4.74 Å². The van der Waals surface area contributed by atoms with Crippen molar-refractivity contribution in [3.8, 4) is 5.88 Å². The molecule has 0 radical (unpaired) electrons. The van der Waals surface area contributed by atoms with Gasteiger partial charge in [0.1, 0.15) is 12.3 Å². The van der Waals surface area contributed by atoms with E-state index in [0.717, 1.165) is 5.69 Å². The molecule has 0 unspecified atom stereocenters. The Bertz CT molecular complexity index is 295. The zero-order valence-corrected chi connectivity index (χ0v) is 7.46. The first-order valence-corrected chi connectivity index (χ1v) is 4.28. The van der Waals surface area contributed by atoms with Gasteiger partial charge in [-0.2, -0.15) is 0 Å². The number of aryl methyl sites for hydroxylation is 1. The molecule has 3 nitrogen and oxygen atoms in total. The van der Waals surface area contributed by atoms with Gasteiger partial charge < -0.3 is 4.74 Å². The minimum absolute atomic E-state index is 0.102. The summed E-state index contributed by atoms with van der Waals surface area (Å²) in [7, 11) is 0. The van der Waals surface area contributed by atoms with Crippen LogP contribution in [0.3, 0.4) is 0 Å². The third-order valence-electron chi connectivity index (χ3n) is 2.03. The van der Waals surface area contributed by atoms with E-state index in [1.54, 1.807) is 6.20 Å². The summed E-state index contributed by atoms with van der Waals surface area (Å²) in [6, 6.07) is 0. The highest BCUT2D eigenvalue weighted by Crippen LogP contribution is 2.39. The van der Waals surface area contributed by atoms with Crippen LogP contribution >= 0.6 is 0 Å². The van der Waals surface area contributed by atoms with Gasteiger partial charge in [-0.15, -0.1) is 0 Å². The molecule has 1 aliphatic carbocycles. The van der Waals surface area contributed by atoms with Gasteiger partial charge in [-0.1, -0.05) is 0 Å². The van der Waals surface area contributed by atoms with Gasteiger partial charge >= 0.3 is 0 Å². The van der Waals surface area contributed by atoms with Crippen molar-refractivity contribution in [2.75, 3.05) is 6.61 Å². The van der Waals surface area contributed by atoms with E-state index in [1.165, 1.54) is 6.20 Å². The van der Waals surface area contributed by atoms with Crippen LogP contribution in [0.15, 0.2) is 12.4 Å². The molecular weight excluding hydrogens is 171 g/mol. The molecule has 0 N–H and O–H groups in total. The summed E-state index contributed by atoms with van der Waals surface area (Å²) in [6.45, 7) is 1.94. The molecule has 2 rings (SSSR count). The summed E-state index contributed by atoms with van der Waals surface area (Å²) in [4.78, 5) is 7.95. The lowest BCUT2D eigenvalue weighted by Gasteiger charge is -2.06. The Labute approximate surface area is 76.0 Å². The number of ether oxygens (including phenoxy) is 1. The summed E-state index contributed by atoms with van der Waals surface area (Å²) in [5.74, 6) is 0.398. The zero-order valence-electron chi connectivity index (χ0n) is 7.46. The van der Waals surface area contributed by atoms with Crippen molar-refractivity contribution in [2.24, 2.45) is 0 Å². The molecule has 0 saturated heterocycles. The van der Waals surface area contributed by atoms with Crippen LogP contribution in [0.25, 0.3) is 0 Å². The Morgan fingerprint density at radius 2 is 2.23 bits per heavy atom. The van der Waals surface area contributed by atoms with Crippen LogP contribution in [0.5, 0.6) is 5.88 Å². The van der Waals surface area contributed by atoms with Crippen molar-refractivity contribution >= 4 is 0 Å². The van der Waals surface area contributed by atoms with E-state index < -0.39 is 5.67 Å². The Balaban J connectivity index is 1.91. The molecular formula is C9H11FN2O. The number of rotatable bonds is 3. The smallest absolute Gasteiger partial charge is 0.232 e. The fraction of sp³-hybridized carbons (Fsp3) is 0.556. The molecule has 0 spiro atoms. The first-order chi connectivity index (χ1) is 6.18. The molecule has 1 aliphatic rings. The summed E-state index contributed by atoms with van der Waals surface area (Å²) in [5.41, 5.74) is -0.263. The third kappa shape index (κ3) is 2.14. The van der Waals surface area contributed by atoms with Crippen LogP contribution in [0.1, 0.15) is 18.5 Å². The highest BCUT2D eigenvalue weighted by atomic mass is 19.1. The predicted octanol–water partition coefficient (Wildman–Crippen LogP) is 1.67. The standard InChI is InChI=1S/C9H11FN2O/c1-7-4-12-8(5-11-7)13-6-9(10)2-3-9/h4-5H,2-3,6H2,1H3. The van der Waals surface area contributed by atoms with Crippen molar-refractivity contribution in [3.63, 3.8) is 0 Å². The average molecular weight is 182 g/mol. The third-order valence-corrected chi connectivity index (χ3v) is 2.03. The topological polar surface area (TPSA) is 35.0 Å². The van der Waals surface area contributed by atoms with E-state index in [9.17, 15) is 4.39 Å². The van der Waals surface area contributed by atoms with Crippen LogP contribution in [0.2, 0.25) is 0 Å². The van der Waals surface area contributed by atoms with Gasteiger partial charge in [-0.25, -0.2) is 9.37 Å². The average Bonchev–Trinajstić information content (AvgIpc) is 2.84. The molecule has 0 aliphatic heterocycles. The van der Waals surface area contributed by atoms with Gasteiger partial charge in [0.15, 0.2) is 0 Å². The minimum Gasteiger partial charge on any atom is -0.473 e. The molecule has 0 aromatic carbocycles. The normalized spacial score (nSPS) is 18.3. The van der Waals surface area contributed by atoms with Crippen molar-refractivity contribution in [1.82, 2.24) is 9.97 Å². The summed E-state index contributed by atoms with van der Waals surface area (Å²) in [5, 5.41) is 0. The molecule has 0 atom stereocenters. The monoisotopic (exact) mass is 182 g/mol. The van der Waals surface area contributed by atoms with Crippen LogP contribution in [-0.2, 0) is 0 Å². The fourth-order valence-corrected chi connectivity index (χ4v) is 0.939. The summed E-state index contributed by atoms with van der Waals surface area (Å²) in [6.07, 6.45) is 4.33. The summed E-state index contributed by atoms with van der Waals surface area (Å²) >= 11 is 0. The molecule has 1 fully saturated rings. The van der Waals surface area contributed by atoms with Crippen molar-refractivity contribution < 1.29 is 9.13 Å². The molecule has 1 aromatic heterocycles.